The van der Waals surface area contributed by atoms with Crippen molar-refractivity contribution in [3.63, 3.8) is 0 Å². The van der Waals surface area contributed by atoms with Crippen LogP contribution in [0.1, 0.15) is 47.7 Å². The Bertz CT molecular complexity index is 809. The largest absolute Gasteiger partial charge is 0.330 e. The summed E-state index contributed by atoms with van der Waals surface area (Å²) in [6.45, 7) is 6.35. The fourth-order valence-corrected chi connectivity index (χ4v) is 4.66. The topological polar surface area (TPSA) is 95.7 Å². The molecule has 2 saturated heterocycles. The van der Waals surface area contributed by atoms with Gasteiger partial charge < -0.3 is 10.6 Å². The molecule has 0 spiro atoms. The maximum absolute atomic E-state index is 12.8. The Morgan fingerprint density at radius 1 is 1.21 bits per heavy atom. The normalized spacial score (nSPS) is 28.4. The lowest BCUT2D eigenvalue weighted by Crippen LogP contribution is -2.52. The molecule has 3 aliphatic rings. The highest BCUT2D eigenvalue weighted by Gasteiger charge is 2.39. The molecule has 0 saturated carbocycles. The van der Waals surface area contributed by atoms with Crippen molar-refractivity contribution in [1.82, 2.24) is 15.1 Å². The predicted octanol–water partition coefficient (Wildman–Crippen LogP) is 0.864. The van der Waals surface area contributed by atoms with Gasteiger partial charge in [-0.25, -0.2) is 0 Å². The quantitative estimate of drug-likeness (QED) is 0.751. The number of nitrogens with one attached hydrogen (secondary N) is 1. The highest BCUT2D eigenvalue weighted by atomic mass is 16.2. The van der Waals surface area contributed by atoms with Crippen LogP contribution < -0.4 is 11.1 Å². The SMILES string of the molecule is CC1CCN(Cc2ccc3c(c2)CN(C2CCC(=O)NC2=O)C3=O)CC1CN. The number of carbonyl (C=O) groups is 3. The molecular formula is C21H28N4O3. The first-order chi connectivity index (χ1) is 13.5. The van der Waals surface area contributed by atoms with E-state index in [4.69, 9.17) is 5.73 Å². The molecule has 0 bridgehead atoms. The van der Waals surface area contributed by atoms with Gasteiger partial charge in [0.25, 0.3) is 5.91 Å². The van der Waals surface area contributed by atoms with E-state index in [1.54, 1.807) is 4.90 Å². The van der Waals surface area contributed by atoms with Gasteiger partial charge in [0, 0.05) is 31.6 Å². The van der Waals surface area contributed by atoms with E-state index in [2.05, 4.69) is 23.2 Å². The molecule has 3 unspecified atom stereocenters. The Hall–Kier alpha value is -2.25. The Morgan fingerprint density at radius 2 is 2.04 bits per heavy atom. The fraction of sp³-hybridized carbons (Fsp3) is 0.571. The first-order valence-corrected chi connectivity index (χ1v) is 10.1. The zero-order chi connectivity index (χ0) is 19.8. The second kappa shape index (κ2) is 7.64. The maximum atomic E-state index is 12.8. The van der Waals surface area contributed by atoms with E-state index >= 15 is 0 Å². The van der Waals surface area contributed by atoms with Crippen molar-refractivity contribution in [2.75, 3.05) is 19.6 Å². The van der Waals surface area contributed by atoms with Crippen molar-refractivity contribution in [1.29, 1.82) is 0 Å². The van der Waals surface area contributed by atoms with Gasteiger partial charge in [-0.1, -0.05) is 19.1 Å². The minimum absolute atomic E-state index is 0.119. The minimum Gasteiger partial charge on any atom is -0.330 e. The number of hydrogen-bond acceptors (Lipinski definition) is 5. The predicted molar refractivity (Wildman–Crippen MR) is 104 cm³/mol. The van der Waals surface area contributed by atoms with Gasteiger partial charge in [-0.3, -0.25) is 24.6 Å². The lowest BCUT2D eigenvalue weighted by molar-refractivity contribution is -0.136. The van der Waals surface area contributed by atoms with E-state index in [0.29, 0.717) is 30.4 Å². The molecule has 1 aromatic rings. The fourth-order valence-electron chi connectivity index (χ4n) is 4.66. The third-order valence-corrected chi connectivity index (χ3v) is 6.49. The number of hydrogen-bond donors (Lipinski definition) is 2. The lowest BCUT2D eigenvalue weighted by atomic mass is 9.87. The molecule has 2 fully saturated rings. The summed E-state index contributed by atoms with van der Waals surface area (Å²) in [6.07, 6.45) is 1.83. The molecule has 3 aliphatic heterocycles. The second-order valence-corrected chi connectivity index (χ2v) is 8.39. The van der Waals surface area contributed by atoms with Crippen LogP contribution in [-0.4, -0.2) is 53.2 Å². The van der Waals surface area contributed by atoms with Crippen LogP contribution in [0, 0.1) is 11.8 Å². The molecular weight excluding hydrogens is 356 g/mol. The Kier molecular flexibility index (Phi) is 5.21. The van der Waals surface area contributed by atoms with Crippen LogP contribution in [0.2, 0.25) is 0 Å². The summed E-state index contributed by atoms with van der Waals surface area (Å²) in [5, 5.41) is 2.34. The molecule has 28 heavy (non-hydrogen) atoms. The summed E-state index contributed by atoms with van der Waals surface area (Å²) in [5.74, 6) is 0.451. The van der Waals surface area contributed by atoms with Gasteiger partial charge in [-0.2, -0.15) is 0 Å². The van der Waals surface area contributed by atoms with E-state index in [1.165, 1.54) is 5.56 Å². The third kappa shape index (κ3) is 3.56. The van der Waals surface area contributed by atoms with Crippen molar-refractivity contribution >= 4 is 17.7 Å². The van der Waals surface area contributed by atoms with Crippen molar-refractivity contribution in [3.05, 3.63) is 34.9 Å². The zero-order valence-corrected chi connectivity index (χ0v) is 16.3. The number of amides is 3. The first-order valence-electron chi connectivity index (χ1n) is 10.1. The van der Waals surface area contributed by atoms with E-state index in [-0.39, 0.29) is 24.1 Å². The van der Waals surface area contributed by atoms with Crippen LogP contribution in [0.25, 0.3) is 0 Å². The number of fused-ring (bicyclic) bond motifs is 1. The molecule has 0 aromatic heterocycles. The monoisotopic (exact) mass is 384 g/mol. The number of rotatable bonds is 4. The molecule has 4 rings (SSSR count). The number of piperidine rings is 2. The van der Waals surface area contributed by atoms with E-state index in [0.717, 1.165) is 38.2 Å². The molecule has 1 aromatic carbocycles. The van der Waals surface area contributed by atoms with Crippen molar-refractivity contribution in [2.45, 2.75) is 45.3 Å². The molecule has 3 atom stereocenters. The van der Waals surface area contributed by atoms with Gasteiger partial charge >= 0.3 is 0 Å². The highest BCUT2D eigenvalue weighted by Crippen LogP contribution is 2.29. The molecule has 7 heteroatoms. The number of imide groups is 1. The van der Waals surface area contributed by atoms with Crippen LogP contribution in [0.4, 0.5) is 0 Å². The van der Waals surface area contributed by atoms with Crippen molar-refractivity contribution < 1.29 is 14.4 Å². The molecule has 7 nitrogen and oxygen atoms in total. The lowest BCUT2D eigenvalue weighted by Gasteiger charge is -2.36. The molecule has 3 heterocycles. The number of benzene rings is 1. The highest BCUT2D eigenvalue weighted by molar-refractivity contribution is 6.05. The average Bonchev–Trinajstić information content (AvgIpc) is 2.99. The number of nitrogens with two attached hydrogens (primary N) is 1. The smallest absolute Gasteiger partial charge is 0.255 e. The molecule has 150 valence electrons. The zero-order valence-electron chi connectivity index (χ0n) is 16.3. The summed E-state index contributed by atoms with van der Waals surface area (Å²) >= 11 is 0. The van der Waals surface area contributed by atoms with E-state index in [9.17, 15) is 14.4 Å². The number of likely N-dealkylation sites (tertiary alicyclic amines) is 1. The van der Waals surface area contributed by atoms with Crippen LogP contribution in [0.15, 0.2) is 18.2 Å². The summed E-state index contributed by atoms with van der Waals surface area (Å²) in [7, 11) is 0. The summed E-state index contributed by atoms with van der Waals surface area (Å²) < 4.78 is 0. The maximum Gasteiger partial charge on any atom is 0.255 e. The number of nitrogens with zero attached hydrogens (tertiary/aromatic N) is 2. The van der Waals surface area contributed by atoms with Crippen LogP contribution in [-0.2, 0) is 22.7 Å². The molecule has 0 aliphatic carbocycles. The Labute approximate surface area is 165 Å². The van der Waals surface area contributed by atoms with Gasteiger partial charge in [-0.05, 0) is 55.0 Å². The van der Waals surface area contributed by atoms with Gasteiger partial charge in [0.15, 0.2) is 0 Å². The van der Waals surface area contributed by atoms with Crippen LogP contribution in [0.5, 0.6) is 0 Å². The summed E-state index contributed by atoms with van der Waals surface area (Å²) in [6, 6.07) is 5.43. The Balaban J connectivity index is 1.45. The van der Waals surface area contributed by atoms with Crippen LogP contribution in [0.3, 0.4) is 0 Å². The van der Waals surface area contributed by atoms with E-state index < -0.39 is 6.04 Å². The van der Waals surface area contributed by atoms with E-state index in [1.807, 2.05) is 12.1 Å². The van der Waals surface area contributed by atoms with Gasteiger partial charge in [-0.15, -0.1) is 0 Å². The number of carbonyl (C=O) groups excluding carboxylic acids is 3. The van der Waals surface area contributed by atoms with Gasteiger partial charge in [0.05, 0.1) is 0 Å². The minimum atomic E-state index is -0.560. The first kappa shape index (κ1) is 19.1. The molecule has 0 radical (unpaired) electrons. The summed E-state index contributed by atoms with van der Waals surface area (Å²) in [5.41, 5.74) is 8.74. The van der Waals surface area contributed by atoms with Crippen LogP contribution >= 0.6 is 0 Å². The van der Waals surface area contributed by atoms with Gasteiger partial charge in [0.1, 0.15) is 6.04 Å². The summed E-state index contributed by atoms with van der Waals surface area (Å²) in [4.78, 5) is 40.4. The second-order valence-electron chi connectivity index (χ2n) is 8.39. The van der Waals surface area contributed by atoms with Crippen molar-refractivity contribution in [2.24, 2.45) is 17.6 Å². The molecule has 3 N–H and O–H groups in total. The third-order valence-electron chi connectivity index (χ3n) is 6.49. The van der Waals surface area contributed by atoms with Crippen molar-refractivity contribution in [3.8, 4) is 0 Å². The average molecular weight is 384 g/mol. The molecule has 3 amide bonds. The standard InChI is InChI=1S/C21H28N4O3/c1-13-6-7-24(11-16(13)9-22)10-14-2-3-17-15(8-14)12-25(21(17)28)18-4-5-19(26)23-20(18)27/h2-3,8,13,16,18H,4-7,9-12,22H2,1H3,(H,23,26,27). The van der Waals surface area contributed by atoms with Gasteiger partial charge in [0.2, 0.25) is 11.8 Å². The Morgan fingerprint density at radius 3 is 2.79 bits per heavy atom.